The number of hydrogen-bond donors (Lipinski definition) is 1. The van der Waals surface area contributed by atoms with Crippen LogP contribution in [0.25, 0.3) is 12.2 Å². The minimum atomic E-state index is -4.28. The first-order valence-electron chi connectivity index (χ1n) is 7.69. The van der Waals surface area contributed by atoms with Crippen LogP contribution in [0, 0.1) is 0 Å². The van der Waals surface area contributed by atoms with Crippen LogP contribution in [0.1, 0.15) is 23.3 Å². The Morgan fingerprint density at radius 2 is 2.04 bits per heavy atom. The van der Waals surface area contributed by atoms with Crippen molar-refractivity contribution in [3.63, 3.8) is 0 Å². The smallest absolute Gasteiger partial charge is 0.335 e. The van der Waals surface area contributed by atoms with Gasteiger partial charge in [0.1, 0.15) is 0 Å². The topological polar surface area (TPSA) is 54.2 Å². The average Bonchev–Trinajstić information content (AvgIpc) is 3.02. The Morgan fingerprint density at radius 3 is 2.72 bits per heavy atom. The molecule has 0 radical (unpaired) electrons. The Bertz CT molecular complexity index is 730. The van der Waals surface area contributed by atoms with E-state index in [1.54, 1.807) is 24.3 Å². The molecule has 1 unspecified atom stereocenters. The molecule has 1 aliphatic heterocycles. The minimum absolute atomic E-state index is 0.0679. The van der Waals surface area contributed by atoms with Crippen LogP contribution >= 0.6 is 11.8 Å². The van der Waals surface area contributed by atoms with Gasteiger partial charge in [-0.15, -0.1) is 0 Å². The molecule has 1 aromatic heterocycles. The van der Waals surface area contributed by atoms with E-state index in [2.05, 4.69) is 20.4 Å². The molecule has 1 atom stereocenters. The predicted molar refractivity (Wildman–Crippen MR) is 89.8 cm³/mol. The van der Waals surface area contributed by atoms with Crippen LogP contribution in [0.3, 0.4) is 0 Å². The fraction of sp³-hybridized carbons (Fsp3) is 0.375. The van der Waals surface area contributed by atoms with Gasteiger partial charge in [0.2, 0.25) is 0 Å². The molecule has 1 aliphatic rings. The maximum absolute atomic E-state index is 12.3. The normalized spacial score (nSPS) is 19.6. The second kappa shape index (κ2) is 7.59. The molecule has 1 N–H and O–H groups in total. The monoisotopic (exact) mass is 370 g/mol. The lowest BCUT2D eigenvalue weighted by molar-refractivity contribution is -0.0328. The summed E-state index contributed by atoms with van der Waals surface area (Å²) in [6, 6.07) is 6.15. The molecule has 2 heterocycles. The number of rotatable bonds is 4. The van der Waals surface area contributed by atoms with Crippen LogP contribution in [0.15, 0.2) is 33.7 Å². The lowest BCUT2D eigenvalue weighted by Gasteiger charge is -2.30. The maximum atomic E-state index is 12.3. The zero-order chi connectivity index (χ0) is 17.9. The van der Waals surface area contributed by atoms with Gasteiger partial charge in [0.05, 0.1) is 6.04 Å². The SMILES string of the molecule is CN1CCNCC1c1noc(/C=C/c2ccc(SC(F)(F)F)cc2)n1. The molecule has 1 aromatic carbocycles. The van der Waals surface area contributed by atoms with Gasteiger partial charge in [0.15, 0.2) is 5.82 Å². The van der Waals surface area contributed by atoms with Crippen molar-refractivity contribution < 1.29 is 17.7 Å². The van der Waals surface area contributed by atoms with E-state index in [-0.39, 0.29) is 22.7 Å². The molecule has 5 nitrogen and oxygen atoms in total. The van der Waals surface area contributed by atoms with E-state index in [9.17, 15) is 13.2 Å². The van der Waals surface area contributed by atoms with Crippen LogP contribution in [0.5, 0.6) is 0 Å². The predicted octanol–water partition coefficient (Wildman–Crippen LogP) is 3.43. The van der Waals surface area contributed by atoms with E-state index in [1.165, 1.54) is 12.1 Å². The van der Waals surface area contributed by atoms with Crippen LogP contribution in [0.4, 0.5) is 13.2 Å². The molecule has 0 spiro atoms. The highest BCUT2D eigenvalue weighted by molar-refractivity contribution is 8.00. The molecule has 2 aromatic rings. The summed E-state index contributed by atoms with van der Waals surface area (Å²) >= 11 is -0.132. The zero-order valence-electron chi connectivity index (χ0n) is 13.5. The Kier molecular flexibility index (Phi) is 5.45. The van der Waals surface area contributed by atoms with Gasteiger partial charge in [-0.1, -0.05) is 17.3 Å². The van der Waals surface area contributed by atoms with Gasteiger partial charge >= 0.3 is 5.51 Å². The standard InChI is InChI=1S/C16H17F3N4OS/c1-23-9-8-20-10-13(23)15-21-14(24-22-15)7-4-11-2-5-12(6-3-11)25-16(17,18)19/h2-7,13,20H,8-10H2,1H3/b7-4+. The molecule has 0 amide bonds. The van der Waals surface area contributed by atoms with E-state index in [0.29, 0.717) is 11.7 Å². The fourth-order valence-electron chi connectivity index (χ4n) is 2.49. The molecular weight excluding hydrogens is 353 g/mol. The Morgan fingerprint density at radius 1 is 1.28 bits per heavy atom. The Labute approximate surface area is 147 Å². The number of nitrogens with one attached hydrogen (secondary N) is 1. The lowest BCUT2D eigenvalue weighted by Crippen LogP contribution is -2.44. The minimum Gasteiger partial charge on any atom is -0.335 e. The maximum Gasteiger partial charge on any atom is 0.446 e. The van der Waals surface area contributed by atoms with Gasteiger partial charge in [0, 0.05) is 30.6 Å². The summed E-state index contributed by atoms with van der Waals surface area (Å²) in [6.45, 7) is 2.60. The van der Waals surface area contributed by atoms with Crippen LogP contribution in [-0.4, -0.2) is 47.2 Å². The van der Waals surface area contributed by atoms with Gasteiger partial charge in [-0.05, 0) is 42.6 Å². The molecule has 134 valence electrons. The van der Waals surface area contributed by atoms with Crippen molar-refractivity contribution in [2.45, 2.75) is 16.4 Å². The summed E-state index contributed by atoms with van der Waals surface area (Å²) < 4.78 is 42.1. The van der Waals surface area contributed by atoms with Crippen molar-refractivity contribution in [2.75, 3.05) is 26.7 Å². The number of alkyl halides is 3. The number of likely N-dealkylation sites (N-methyl/N-ethyl adjacent to an activating group) is 1. The van der Waals surface area contributed by atoms with Gasteiger partial charge < -0.3 is 9.84 Å². The molecular formula is C16H17F3N4OS. The second-order valence-electron chi connectivity index (χ2n) is 5.64. The second-order valence-corrected chi connectivity index (χ2v) is 6.78. The third-order valence-corrected chi connectivity index (χ3v) is 4.54. The van der Waals surface area contributed by atoms with Crippen molar-refractivity contribution in [3.05, 3.63) is 41.5 Å². The number of thioether (sulfide) groups is 1. The molecule has 1 fully saturated rings. The van der Waals surface area contributed by atoms with Crippen LogP contribution < -0.4 is 5.32 Å². The zero-order valence-corrected chi connectivity index (χ0v) is 14.3. The number of aromatic nitrogens is 2. The molecule has 0 bridgehead atoms. The highest BCUT2D eigenvalue weighted by Crippen LogP contribution is 2.36. The highest BCUT2D eigenvalue weighted by atomic mass is 32.2. The van der Waals surface area contributed by atoms with Crippen LogP contribution in [-0.2, 0) is 0 Å². The van der Waals surface area contributed by atoms with Gasteiger partial charge in [-0.3, -0.25) is 4.90 Å². The number of benzene rings is 1. The summed E-state index contributed by atoms with van der Waals surface area (Å²) in [7, 11) is 2.01. The Hall–Kier alpha value is -1.84. The summed E-state index contributed by atoms with van der Waals surface area (Å²) in [5, 5.41) is 7.30. The van der Waals surface area contributed by atoms with E-state index in [1.807, 2.05) is 7.05 Å². The summed E-state index contributed by atoms with van der Waals surface area (Å²) in [6.07, 6.45) is 3.38. The van der Waals surface area contributed by atoms with Crippen molar-refractivity contribution in [1.82, 2.24) is 20.4 Å². The average molecular weight is 370 g/mol. The van der Waals surface area contributed by atoms with E-state index in [4.69, 9.17) is 4.52 Å². The molecule has 25 heavy (non-hydrogen) atoms. The summed E-state index contributed by atoms with van der Waals surface area (Å²) in [5.74, 6) is 0.981. The summed E-state index contributed by atoms with van der Waals surface area (Å²) in [4.78, 5) is 6.68. The first-order chi connectivity index (χ1) is 11.9. The first-order valence-corrected chi connectivity index (χ1v) is 8.51. The van der Waals surface area contributed by atoms with Crippen LogP contribution in [0.2, 0.25) is 0 Å². The number of hydrogen-bond acceptors (Lipinski definition) is 6. The summed E-state index contributed by atoms with van der Waals surface area (Å²) in [5.41, 5.74) is -3.53. The quantitative estimate of drug-likeness (QED) is 0.833. The van der Waals surface area contributed by atoms with E-state index >= 15 is 0 Å². The number of halogens is 3. The molecule has 0 aliphatic carbocycles. The van der Waals surface area contributed by atoms with E-state index in [0.717, 1.165) is 25.2 Å². The largest absolute Gasteiger partial charge is 0.446 e. The first kappa shape index (κ1) is 18.0. The van der Waals surface area contributed by atoms with Gasteiger partial charge in [-0.25, -0.2) is 0 Å². The van der Waals surface area contributed by atoms with Crippen molar-refractivity contribution >= 4 is 23.9 Å². The van der Waals surface area contributed by atoms with Gasteiger partial charge in [0.25, 0.3) is 5.89 Å². The molecule has 0 saturated carbocycles. The van der Waals surface area contributed by atoms with Gasteiger partial charge in [-0.2, -0.15) is 18.2 Å². The van der Waals surface area contributed by atoms with Crippen molar-refractivity contribution in [2.24, 2.45) is 0 Å². The molecule has 3 rings (SSSR count). The fourth-order valence-corrected chi connectivity index (χ4v) is 3.03. The number of piperazine rings is 1. The Balaban J connectivity index is 1.64. The number of nitrogens with zero attached hydrogens (tertiary/aromatic N) is 3. The van der Waals surface area contributed by atoms with Crippen molar-refractivity contribution in [1.29, 1.82) is 0 Å². The lowest BCUT2D eigenvalue weighted by atomic mass is 10.2. The third-order valence-electron chi connectivity index (χ3n) is 3.80. The van der Waals surface area contributed by atoms with E-state index < -0.39 is 5.51 Å². The van der Waals surface area contributed by atoms with Crippen molar-refractivity contribution in [3.8, 4) is 0 Å². The highest BCUT2D eigenvalue weighted by Gasteiger charge is 2.29. The third kappa shape index (κ3) is 5.07. The molecule has 1 saturated heterocycles. The molecule has 9 heteroatoms.